The van der Waals surface area contributed by atoms with Crippen molar-refractivity contribution in [2.45, 2.75) is 38.8 Å². The molecule has 1 atom stereocenters. The molecule has 0 saturated carbocycles. The summed E-state index contributed by atoms with van der Waals surface area (Å²) < 4.78 is 0. The molecule has 5 nitrogen and oxygen atoms in total. The molecule has 0 bridgehead atoms. The molecule has 2 rings (SSSR count). The second-order valence-electron chi connectivity index (χ2n) is 6.27. The van der Waals surface area contributed by atoms with E-state index in [1.54, 1.807) is 23.1 Å². The third kappa shape index (κ3) is 3.84. The highest BCUT2D eigenvalue weighted by atomic mass is 35.5. The summed E-state index contributed by atoms with van der Waals surface area (Å²) in [7, 11) is 0. The zero-order valence-electron chi connectivity index (χ0n) is 12.7. The maximum atomic E-state index is 12.1. The summed E-state index contributed by atoms with van der Waals surface area (Å²) in [6.45, 7) is 6.40. The van der Waals surface area contributed by atoms with Crippen LogP contribution in [0.3, 0.4) is 0 Å². The molecule has 1 fully saturated rings. The molecule has 2 N–H and O–H groups in total. The third-order valence-electron chi connectivity index (χ3n) is 3.47. The van der Waals surface area contributed by atoms with E-state index in [1.807, 2.05) is 20.8 Å². The summed E-state index contributed by atoms with van der Waals surface area (Å²) in [6, 6.07) is 4.33. The lowest BCUT2D eigenvalue weighted by Gasteiger charge is -2.32. The fourth-order valence-corrected chi connectivity index (χ4v) is 2.90. The number of amides is 3. The zero-order valence-corrected chi connectivity index (χ0v) is 14.3. The van der Waals surface area contributed by atoms with Crippen LogP contribution in [0.1, 0.15) is 27.2 Å². The van der Waals surface area contributed by atoms with Gasteiger partial charge in [0, 0.05) is 18.5 Å². The van der Waals surface area contributed by atoms with Crippen molar-refractivity contribution in [3.8, 4) is 0 Å². The van der Waals surface area contributed by atoms with Crippen LogP contribution in [0.25, 0.3) is 0 Å². The molecule has 1 aliphatic heterocycles. The number of urea groups is 1. The van der Waals surface area contributed by atoms with E-state index in [1.165, 1.54) is 0 Å². The van der Waals surface area contributed by atoms with Crippen molar-refractivity contribution in [1.29, 1.82) is 0 Å². The number of hydrogen-bond donors (Lipinski definition) is 2. The number of para-hydroxylation sites is 1. The fraction of sp³-hybridized carbons (Fsp3) is 0.467. The molecule has 0 aliphatic carbocycles. The standard InChI is InChI=1S/C15H19Cl2N3O2/c1-15(2,3)20-8-9(7-12(20)21)18-14(22)19-13-10(16)5-4-6-11(13)17/h4-6,9H,7-8H2,1-3H3,(H2,18,19,22). The van der Waals surface area contributed by atoms with Crippen molar-refractivity contribution >= 4 is 40.8 Å². The van der Waals surface area contributed by atoms with E-state index in [4.69, 9.17) is 23.2 Å². The summed E-state index contributed by atoms with van der Waals surface area (Å²) in [5.41, 5.74) is 0.107. The smallest absolute Gasteiger partial charge is 0.319 e. The van der Waals surface area contributed by atoms with Gasteiger partial charge in [0.2, 0.25) is 5.91 Å². The monoisotopic (exact) mass is 343 g/mol. The number of carbonyl (C=O) groups is 2. The topological polar surface area (TPSA) is 61.4 Å². The molecule has 120 valence electrons. The first-order valence-corrected chi connectivity index (χ1v) is 7.76. The molecular formula is C15H19Cl2N3O2. The summed E-state index contributed by atoms with van der Waals surface area (Å²) in [5, 5.41) is 6.14. The Bertz CT molecular complexity index is 579. The molecule has 1 aromatic rings. The van der Waals surface area contributed by atoms with Gasteiger partial charge in [-0.3, -0.25) is 4.79 Å². The minimum Gasteiger partial charge on any atom is -0.336 e. The van der Waals surface area contributed by atoms with E-state index in [0.29, 0.717) is 28.7 Å². The molecule has 1 heterocycles. The molecule has 1 aromatic carbocycles. The number of rotatable bonds is 2. The van der Waals surface area contributed by atoms with Crippen molar-refractivity contribution in [2.24, 2.45) is 0 Å². The minimum atomic E-state index is -0.427. The van der Waals surface area contributed by atoms with E-state index in [-0.39, 0.29) is 17.5 Å². The van der Waals surface area contributed by atoms with Gasteiger partial charge >= 0.3 is 6.03 Å². The largest absolute Gasteiger partial charge is 0.336 e. The summed E-state index contributed by atoms with van der Waals surface area (Å²) in [5.74, 6) is 0.0357. The normalized spacial score (nSPS) is 18.5. The van der Waals surface area contributed by atoms with Crippen LogP contribution >= 0.6 is 23.2 Å². The van der Waals surface area contributed by atoms with E-state index in [2.05, 4.69) is 10.6 Å². The van der Waals surface area contributed by atoms with Crippen LogP contribution in [0.2, 0.25) is 10.0 Å². The van der Waals surface area contributed by atoms with Crippen molar-refractivity contribution in [3.63, 3.8) is 0 Å². The second-order valence-corrected chi connectivity index (χ2v) is 7.09. The van der Waals surface area contributed by atoms with Crippen LogP contribution in [0, 0.1) is 0 Å². The van der Waals surface area contributed by atoms with E-state index >= 15 is 0 Å². The van der Waals surface area contributed by atoms with Gasteiger partial charge in [0.05, 0.1) is 21.8 Å². The molecule has 0 spiro atoms. The van der Waals surface area contributed by atoms with Crippen LogP contribution in [0.4, 0.5) is 10.5 Å². The maximum absolute atomic E-state index is 12.1. The highest BCUT2D eigenvalue weighted by Gasteiger charge is 2.36. The van der Waals surface area contributed by atoms with Crippen molar-refractivity contribution in [3.05, 3.63) is 28.2 Å². The van der Waals surface area contributed by atoms with Gasteiger partial charge in [-0.05, 0) is 32.9 Å². The lowest BCUT2D eigenvalue weighted by molar-refractivity contribution is -0.131. The Morgan fingerprint density at radius 1 is 1.27 bits per heavy atom. The Labute approximate surface area is 139 Å². The van der Waals surface area contributed by atoms with Crippen LogP contribution in [-0.2, 0) is 4.79 Å². The number of carbonyl (C=O) groups excluding carboxylic acids is 2. The van der Waals surface area contributed by atoms with Gasteiger partial charge in [0.1, 0.15) is 0 Å². The Hall–Kier alpha value is -1.46. The van der Waals surface area contributed by atoms with Crippen molar-refractivity contribution < 1.29 is 9.59 Å². The van der Waals surface area contributed by atoms with Gasteiger partial charge < -0.3 is 15.5 Å². The van der Waals surface area contributed by atoms with Crippen LogP contribution in [0.5, 0.6) is 0 Å². The highest BCUT2D eigenvalue weighted by molar-refractivity contribution is 6.39. The Morgan fingerprint density at radius 2 is 1.86 bits per heavy atom. The number of anilines is 1. The average Bonchev–Trinajstić information content (AvgIpc) is 2.75. The molecule has 22 heavy (non-hydrogen) atoms. The van der Waals surface area contributed by atoms with Gasteiger partial charge in [0.25, 0.3) is 0 Å². The van der Waals surface area contributed by atoms with Crippen molar-refractivity contribution in [2.75, 3.05) is 11.9 Å². The SMILES string of the molecule is CC(C)(C)N1CC(NC(=O)Nc2c(Cl)cccc2Cl)CC1=O. The predicted octanol–water partition coefficient (Wildman–Crippen LogP) is 3.51. The number of benzene rings is 1. The Balaban J connectivity index is 1.98. The number of halogens is 2. The molecule has 1 unspecified atom stereocenters. The molecule has 1 saturated heterocycles. The molecule has 3 amide bonds. The number of hydrogen-bond acceptors (Lipinski definition) is 2. The van der Waals surface area contributed by atoms with Gasteiger partial charge in [-0.25, -0.2) is 4.79 Å². The zero-order chi connectivity index (χ0) is 16.5. The van der Waals surface area contributed by atoms with Crippen LogP contribution < -0.4 is 10.6 Å². The summed E-state index contributed by atoms with van der Waals surface area (Å²) in [6.07, 6.45) is 0.293. The predicted molar refractivity (Wildman–Crippen MR) is 88.5 cm³/mol. The summed E-state index contributed by atoms with van der Waals surface area (Å²) >= 11 is 12.0. The van der Waals surface area contributed by atoms with Crippen LogP contribution in [-0.4, -0.2) is 35.0 Å². The molecular weight excluding hydrogens is 325 g/mol. The first-order valence-electron chi connectivity index (χ1n) is 7.00. The molecule has 1 aliphatic rings. The van der Waals surface area contributed by atoms with E-state index in [9.17, 15) is 9.59 Å². The molecule has 0 radical (unpaired) electrons. The minimum absolute atomic E-state index is 0.0357. The van der Waals surface area contributed by atoms with Crippen LogP contribution in [0.15, 0.2) is 18.2 Å². The second kappa shape index (κ2) is 6.34. The third-order valence-corrected chi connectivity index (χ3v) is 4.10. The first kappa shape index (κ1) is 16.9. The van der Waals surface area contributed by atoms with Gasteiger partial charge in [-0.2, -0.15) is 0 Å². The first-order chi connectivity index (χ1) is 10.2. The maximum Gasteiger partial charge on any atom is 0.319 e. The van der Waals surface area contributed by atoms with Crippen molar-refractivity contribution in [1.82, 2.24) is 10.2 Å². The molecule has 7 heteroatoms. The average molecular weight is 344 g/mol. The Kier molecular flexibility index (Phi) is 4.87. The lowest BCUT2D eigenvalue weighted by atomic mass is 10.1. The fourth-order valence-electron chi connectivity index (χ4n) is 2.40. The van der Waals surface area contributed by atoms with Gasteiger partial charge in [0.15, 0.2) is 0 Å². The van der Waals surface area contributed by atoms with Gasteiger partial charge in [-0.1, -0.05) is 29.3 Å². The lowest BCUT2D eigenvalue weighted by Crippen LogP contribution is -2.45. The quantitative estimate of drug-likeness (QED) is 0.862. The van der Waals surface area contributed by atoms with E-state index < -0.39 is 6.03 Å². The van der Waals surface area contributed by atoms with Gasteiger partial charge in [-0.15, -0.1) is 0 Å². The molecule has 0 aromatic heterocycles. The number of nitrogens with zero attached hydrogens (tertiary/aromatic N) is 1. The number of likely N-dealkylation sites (tertiary alicyclic amines) is 1. The number of nitrogens with one attached hydrogen (secondary N) is 2. The van der Waals surface area contributed by atoms with E-state index in [0.717, 1.165) is 0 Å². The Morgan fingerprint density at radius 3 is 2.36 bits per heavy atom. The summed E-state index contributed by atoms with van der Waals surface area (Å²) in [4.78, 5) is 25.8. The highest BCUT2D eigenvalue weighted by Crippen LogP contribution is 2.29.